The number of hydrogen-bond acceptors (Lipinski definition) is 3. The molecule has 0 bridgehead atoms. The Morgan fingerprint density at radius 2 is 1.70 bits per heavy atom. The Bertz CT molecular complexity index is 642. The lowest BCUT2D eigenvalue weighted by molar-refractivity contribution is 0.0951. The van der Waals surface area contributed by atoms with Gasteiger partial charge < -0.3 is 5.32 Å². The number of carbonyl (C=O) groups is 1. The predicted molar refractivity (Wildman–Crippen MR) is 98.0 cm³/mol. The van der Waals surface area contributed by atoms with Crippen LogP contribution in [0.2, 0.25) is 0 Å². The summed E-state index contributed by atoms with van der Waals surface area (Å²) in [5.41, 5.74) is 3.24. The van der Waals surface area contributed by atoms with Crippen LogP contribution in [0, 0.1) is 13.8 Å². The molecule has 0 radical (unpaired) electrons. The van der Waals surface area contributed by atoms with Gasteiger partial charge in [-0.15, -0.1) is 11.3 Å². The van der Waals surface area contributed by atoms with E-state index in [0.717, 1.165) is 35.6 Å². The molecule has 23 heavy (non-hydrogen) atoms. The second kappa shape index (κ2) is 8.27. The molecule has 0 fully saturated rings. The molecule has 3 nitrogen and oxygen atoms in total. The molecule has 1 amide bonds. The molecule has 0 aliphatic rings. The smallest absolute Gasteiger partial charge is 0.252 e. The summed E-state index contributed by atoms with van der Waals surface area (Å²) >= 11 is 1.67. The van der Waals surface area contributed by atoms with Gasteiger partial charge in [0.2, 0.25) is 0 Å². The van der Waals surface area contributed by atoms with E-state index in [1.807, 2.05) is 19.9 Å². The van der Waals surface area contributed by atoms with Crippen LogP contribution in [0.3, 0.4) is 0 Å². The maximum atomic E-state index is 12.2. The minimum atomic E-state index is 0.0130. The van der Waals surface area contributed by atoms with Gasteiger partial charge >= 0.3 is 0 Å². The lowest BCUT2D eigenvalue weighted by atomic mass is 10.1. The van der Waals surface area contributed by atoms with Crippen molar-refractivity contribution in [3.8, 4) is 0 Å². The van der Waals surface area contributed by atoms with Crippen LogP contribution < -0.4 is 5.32 Å². The molecule has 0 aliphatic heterocycles. The maximum Gasteiger partial charge on any atom is 0.252 e. The van der Waals surface area contributed by atoms with Crippen molar-refractivity contribution in [3.05, 3.63) is 56.8 Å². The molecule has 1 aromatic carbocycles. The van der Waals surface area contributed by atoms with E-state index in [1.165, 1.54) is 10.4 Å². The van der Waals surface area contributed by atoms with Crippen molar-refractivity contribution >= 4 is 17.2 Å². The second-order valence-corrected chi connectivity index (χ2v) is 7.25. The minimum Gasteiger partial charge on any atom is -0.348 e. The van der Waals surface area contributed by atoms with E-state index in [1.54, 1.807) is 11.3 Å². The first-order valence-electron chi connectivity index (χ1n) is 8.18. The molecule has 2 rings (SSSR count). The number of benzene rings is 1. The Balaban J connectivity index is 1.91. The summed E-state index contributed by atoms with van der Waals surface area (Å²) < 4.78 is 0. The highest BCUT2D eigenvalue weighted by Gasteiger charge is 2.11. The van der Waals surface area contributed by atoms with Crippen molar-refractivity contribution in [1.29, 1.82) is 0 Å². The van der Waals surface area contributed by atoms with Crippen LogP contribution in [-0.4, -0.2) is 23.9 Å². The number of nitrogens with zero attached hydrogens (tertiary/aromatic N) is 1. The zero-order valence-corrected chi connectivity index (χ0v) is 15.3. The number of hydrogen-bond donors (Lipinski definition) is 1. The van der Waals surface area contributed by atoms with Gasteiger partial charge in [0, 0.05) is 22.8 Å². The SMILES string of the molecule is CCN(CC)Cc1ccc(CNC(=O)c2cc(C)sc2C)cc1. The fraction of sp³-hybridized carbons (Fsp3) is 0.421. The number of carbonyl (C=O) groups excluding carboxylic acids is 1. The van der Waals surface area contributed by atoms with Crippen molar-refractivity contribution in [2.75, 3.05) is 13.1 Å². The predicted octanol–water partition coefficient (Wildman–Crippen LogP) is 4.14. The normalized spacial score (nSPS) is 11.0. The van der Waals surface area contributed by atoms with Gasteiger partial charge in [0.25, 0.3) is 5.91 Å². The Morgan fingerprint density at radius 3 is 2.22 bits per heavy atom. The third-order valence-corrected chi connectivity index (χ3v) is 5.03. The summed E-state index contributed by atoms with van der Waals surface area (Å²) in [6.45, 7) is 12.1. The quantitative estimate of drug-likeness (QED) is 0.827. The zero-order valence-electron chi connectivity index (χ0n) is 14.5. The van der Waals surface area contributed by atoms with Gasteiger partial charge in [-0.05, 0) is 44.1 Å². The zero-order chi connectivity index (χ0) is 16.8. The molecule has 1 heterocycles. The third kappa shape index (κ3) is 4.91. The van der Waals surface area contributed by atoms with E-state index in [0.29, 0.717) is 6.54 Å². The third-order valence-electron chi connectivity index (χ3n) is 4.06. The topological polar surface area (TPSA) is 32.3 Å². The van der Waals surface area contributed by atoms with E-state index < -0.39 is 0 Å². The Morgan fingerprint density at radius 1 is 1.09 bits per heavy atom. The van der Waals surface area contributed by atoms with Gasteiger partial charge in [0.1, 0.15) is 0 Å². The summed E-state index contributed by atoms with van der Waals surface area (Å²) in [7, 11) is 0. The Kier molecular flexibility index (Phi) is 6.37. The number of nitrogens with one attached hydrogen (secondary N) is 1. The molecule has 1 N–H and O–H groups in total. The largest absolute Gasteiger partial charge is 0.348 e. The first-order valence-corrected chi connectivity index (χ1v) is 9.00. The molecule has 0 spiro atoms. The number of rotatable bonds is 7. The summed E-state index contributed by atoms with van der Waals surface area (Å²) in [6, 6.07) is 10.5. The molecule has 124 valence electrons. The molecule has 0 atom stereocenters. The van der Waals surface area contributed by atoms with Gasteiger partial charge in [-0.3, -0.25) is 9.69 Å². The fourth-order valence-corrected chi connectivity index (χ4v) is 3.52. The first-order chi connectivity index (χ1) is 11.0. The molecular formula is C19H26N2OS. The van der Waals surface area contributed by atoms with Crippen molar-refractivity contribution in [1.82, 2.24) is 10.2 Å². The van der Waals surface area contributed by atoms with Gasteiger partial charge in [-0.25, -0.2) is 0 Å². The average Bonchev–Trinajstić information content (AvgIpc) is 2.90. The number of thiophene rings is 1. The van der Waals surface area contributed by atoms with Crippen LogP contribution in [0.25, 0.3) is 0 Å². The van der Waals surface area contributed by atoms with Crippen LogP contribution in [-0.2, 0) is 13.1 Å². The molecule has 0 unspecified atom stereocenters. The standard InChI is InChI=1S/C19H26N2OS/c1-5-21(6-2)13-17-9-7-16(8-10-17)12-20-19(22)18-11-14(3)23-15(18)4/h7-11H,5-6,12-13H2,1-4H3,(H,20,22). The lowest BCUT2D eigenvalue weighted by Gasteiger charge is -2.18. The van der Waals surface area contributed by atoms with E-state index >= 15 is 0 Å². The first kappa shape index (κ1) is 17.7. The van der Waals surface area contributed by atoms with Crippen LogP contribution in [0.4, 0.5) is 0 Å². The summed E-state index contributed by atoms with van der Waals surface area (Å²) in [4.78, 5) is 16.9. The monoisotopic (exact) mass is 330 g/mol. The number of amides is 1. The molecule has 0 aliphatic carbocycles. The minimum absolute atomic E-state index is 0.0130. The van der Waals surface area contributed by atoms with Gasteiger partial charge in [-0.1, -0.05) is 38.1 Å². The number of aryl methyl sites for hydroxylation is 2. The molecule has 0 saturated heterocycles. The molecule has 2 aromatic rings. The molecule has 0 saturated carbocycles. The van der Waals surface area contributed by atoms with Crippen LogP contribution in [0.5, 0.6) is 0 Å². The maximum absolute atomic E-state index is 12.2. The Labute approximate surface area is 143 Å². The van der Waals surface area contributed by atoms with Gasteiger partial charge in [-0.2, -0.15) is 0 Å². The van der Waals surface area contributed by atoms with Crippen LogP contribution >= 0.6 is 11.3 Å². The summed E-state index contributed by atoms with van der Waals surface area (Å²) in [6.07, 6.45) is 0. The van der Waals surface area contributed by atoms with Crippen molar-refractivity contribution in [2.24, 2.45) is 0 Å². The molecule has 4 heteroatoms. The second-order valence-electron chi connectivity index (χ2n) is 5.79. The van der Waals surface area contributed by atoms with Crippen LogP contribution in [0.1, 0.15) is 45.1 Å². The molecule has 1 aromatic heterocycles. The molecular weight excluding hydrogens is 304 g/mol. The average molecular weight is 330 g/mol. The van der Waals surface area contributed by atoms with E-state index in [9.17, 15) is 4.79 Å². The van der Waals surface area contributed by atoms with E-state index in [2.05, 4.69) is 48.3 Å². The lowest BCUT2D eigenvalue weighted by Crippen LogP contribution is -2.23. The van der Waals surface area contributed by atoms with Crippen molar-refractivity contribution < 1.29 is 4.79 Å². The van der Waals surface area contributed by atoms with Crippen molar-refractivity contribution in [2.45, 2.75) is 40.8 Å². The summed E-state index contributed by atoms with van der Waals surface area (Å²) in [5.74, 6) is 0.0130. The Hall–Kier alpha value is -1.65. The fourth-order valence-electron chi connectivity index (χ4n) is 2.60. The van der Waals surface area contributed by atoms with E-state index in [4.69, 9.17) is 0 Å². The van der Waals surface area contributed by atoms with Gasteiger partial charge in [0.15, 0.2) is 0 Å². The van der Waals surface area contributed by atoms with Gasteiger partial charge in [0.05, 0.1) is 5.56 Å². The summed E-state index contributed by atoms with van der Waals surface area (Å²) in [5, 5.41) is 3.01. The van der Waals surface area contributed by atoms with Crippen LogP contribution in [0.15, 0.2) is 30.3 Å². The highest BCUT2D eigenvalue weighted by molar-refractivity contribution is 7.12. The van der Waals surface area contributed by atoms with Crippen molar-refractivity contribution in [3.63, 3.8) is 0 Å². The highest BCUT2D eigenvalue weighted by Crippen LogP contribution is 2.20. The van der Waals surface area contributed by atoms with E-state index in [-0.39, 0.29) is 5.91 Å². The highest BCUT2D eigenvalue weighted by atomic mass is 32.1.